The molecule has 33 heavy (non-hydrogen) atoms. The van der Waals surface area contributed by atoms with Crippen LogP contribution < -0.4 is 20.5 Å². The SMILES string of the molecule is NC1CC1.O=C(Cl)Oc1ccc([N+](=O)[O-])cc1.O=C(NC1CC1)Oc1ccc([N+](=O)[O-])cc1. The number of ether oxygens (including phenoxy) is 2. The van der Waals surface area contributed by atoms with Crippen LogP contribution in [-0.2, 0) is 0 Å². The molecule has 3 N–H and O–H groups in total. The van der Waals surface area contributed by atoms with E-state index in [1.165, 1.54) is 61.4 Å². The maximum absolute atomic E-state index is 11.2. The predicted octanol–water partition coefficient (Wildman–Crippen LogP) is 4.29. The summed E-state index contributed by atoms with van der Waals surface area (Å²) in [4.78, 5) is 41.0. The molecule has 2 saturated carbocycles. The number of nitro groups is 2. The third kappa shape index (κ3) is 10.9. The van der Waals surface area contributed by atoms with Crippen LogP contribution in [0.4, 0.5) is 21.0 Å². The number of amides is 1. The van der Waals surface area contributed by atoms with Crippen LogP contribution in [-0.4, -0.2) is 33.5 Å². The van der Waals surface area contributed by atoms with Crippen LogP contribution in [0, 0.1) is 20.2 Å². The largest absolute Gasteiger partial charge is 0.414 e. The van der Waals surface area contributed by atoms with E-state index in [9.17, 15) is 29.8 Å². The Morgan fingerprint density at radius 1 is 0.848 bits per heavy atom. The lowest BCUT2D eigenvalue weighted by atomic mass is 10.3. The molecule has 176 valence electrons. The monoisotopic (exact) mass is 480 g/mol. The van der Waals surface area contributed by atoms with Crippen molar-refractivity contribution in [1.29, 1.82) is 0 Å². The Hall–Kier alpha value is -3.77. The number of nitrogens with one attached hydrogen (secondary N) is 1. The van der Waals surface area contributed by atoms with E-state index in [4.69, 9.17) is 22.1 Å². The van der Waals surface area contributed by atoms with E-state index < -0.39 is 21.4 Å². The molecule has 0 unspecified atom stereocenters. The zero-order valence-electron chi connectivity index (χ0n) is 17.2. The summed E-state index contributed by atoms with van der Waals surface area (Å²) in [5.74, 6) is 0.467. The van der Waals surface area contributed by atoms with Crippen molar-refractivity contribution in [2.75, 3.05) is 0 Å². The van der Waals surface area contributed by atoms with Gasteiger partial charge in [-0.2, -0.15) is 0 Å². The number of nitro benzene ring substituents is 2. The van der Waals surface area contributed by atoms with Crippen molar-refractivity contribution in [3.63, 3.8) is 0 Å². The van der Waals surface area contributed by atoms with E-state index in [0.29, 0.717) is 11.8 Å². The normalized spacial score (nSPS) is 13.8. The van der Waals surface area contributed by atoms with E-state index in [-0.39, 0.29) is 23.2 Å². The summed E-state index contributed by atoms with van der Waals surface area (Å²) in [6, 6.07) is 11.2. The van der Waals surface area contributed by atoms with E-state index in [0.717, 1.165) is 12.8 Å². The van der Waals surface area contributed by atoms with Gasteiger partial charge in [-0.25, -0.2) is 9.59 Å². The van der Waals surface area contributed by atoms with Crippen molar-refractivity contribution >= 4 is 34.5 Å². The molecule has 2 aromatic rings. The summed E-state index contributed by atoms with van der Waals surface area (Å²) in [5, 5.41) is 23.2. The Morgan fingerprint density at radius 3 is 1.55 bits per heavy atom. The lowest BCUT2D eigenvalue weighted by Crippen LogP contribution is -2.28. The standard InChI is InChI=1S/C10H10N2O4.C7H4ClNO4.C3H7N/c13-10(11-7-1-2-7)16-9-5-3-8(4-6-9)12(14)15;8-7(10)13-6-3-1-5(2-4-6)9(11)12;4-3-1-2-3/h3-7H,1-2H2,(H,11,13);1-4H;3H,1-2,4H2. The van der Waals surface area contributed by atoms with E-state index in [1.807, 2.05) is 0 Å². The van der Waals surface area contributed by atoms with Gasteiger partial charge in [0.25, 0.3) is 11.4 Å². The fraction of sp³-hybridized carbons (Fsp3) is 0.300. The minimum absolute atomic E-state index is 0.0325. The Balaban J connectivity index is 0.000000203. The summed E-state index contributed by atoms with van der Waals surface area (Å²) >= 11 is 4.92. The minimum Gasteiger partial charge on any atom is -0.414 e. The van der Waals surface area contributed by atoms with E-state index in [2.05, 4.69) is 10.1 Å². The second-order valence-electron chi connectivity index (χ2n) is 6.99. The van der Waals surface area contributed by atoms with Gasteiger partial charge in [0.2, 0.25) is 0 Å². The number of nitrogens with two attached hydrogens (primary N) is 1. The molecule has 2 aromatic carbocycles. The van der Waals surface area contributed by atoms with Crippen LogP contribution in [0.3, 0.4) is 0 Å². The molecule has 1 amide bonds. The molecule has 0 radical (unpaired) electrons. The molecule has 0 heterocycles. The highest BCUT2D eigenvalue weighted by Gasteiger charge is 2.24. The van der Waals surface area contributed by atoms with Crippen molar-refractivity contribution in [3.05, 3.63) is 68.8 Å². The Labute approximate surface area is 192 Å². The molecule has 0 saturated heterocycles. The maximum atomic E-state index is 11.2. The number of carbonyl (C=O) groups excluding carboxylic acids is 2. The highest BCUT2D eigenvalue weighted by Crippen LogP contribution is 2.21. The molecule has 2 fully saturated rings. The third-order valence-corrected chi connectivity index (χ3v) is 4.10. The molecule has 2 aliphatic carbocycles. The summed E-state index contributed by atoms with van der Waals surface area (Å²) in [6.45, 7) is 0. The number of benzene rings is 2. The molecule has 4 rings (SSSR count). The van der Waals surface area contributed by atoms with Gasteiger partial charge in [-0.05, 0) is 49.9 Å². The number of non-ortho nitro benzene ring substituents is 2. The molecule has 0 spiro atoms. The number of rotatable bonds is 5. The van der Waals surface area contributed by atoms with E-state index >= 15 is 0 Å². The van der Waals surface area contributed by atoms with Crippen molar-refractivity contribution in [2.24, 2.45) is 5.73 Å². The lowest BCUT2D eigenvalue weighted by Gasteiger charge is -2.04. The summed E-state index contributed by atoms with van der Waals surface area (Å²) in [5.41, 5.74) is 4.14. The van der Waals surface area contributed by atoms with Crippen LogP contribution in [0.2, 0.25) is 0 Å². The second-order valence-corrected chi connectivity index (χ2v) is 7.30. The molecule has 0 atom stereocenters. The zero-order valence-corrected chi connectivity index (χ0v) is 18.0. The summed E-state index contributed by atoms with van der Waals surface area (Å²) < 4.78 is 9.38. The molecule has 0 aliphatic heterocycles. The first-order valence-electron chi connectivity index (χ1n) is 9.74. The van der Waals surface area contributed by atoms with Gasteiger partial charge in [0.05, 0.1) is 9.85 Å². The van der Waals surface area contributed by atoms with Crippen LogP contribution in [0.25, 0.3) is 0 Å². The van der Waals surface area contributed by atoms with Crippen molar-refractivity contribution in [3.8, 4) is 11.5 Å². The van der Waals surface area contributed by atoms with Gasteiger partial charge in [-0.3, -0.25) is 20.2 Å². The topological polar surface area (TPSA) is 177 Å². The first kappa shape index (κ1) is 25.5. The average molecular weight is 481 g/mol. The summed E-state index contributed by atoms with van der Waals surface area (Å²) in [7, 11) is 0. The highest BCUT2D eigenvalue weighted by atomic mass is 35.5. The van der Waals surface area contributed by atoms with Gasteiger partial charge in [-0.15, -0.1) is 0 Å². The molecular weight excluding hydrogens is 460 g/mol. The number of carbonyl (C=O) groups is 2. The zero-order chi connectivity index (χ0) is 24.4. The molecular formula is C20H21ClN4O8. The van der Waals surface area contributed by atoms with E-state index in [1.54, 1.807) is 0 Å². The fourth-order valence-corrected chi connectivity index (χ4v) is 2.08. The number of halogens is 1. The third-order valence-electron chi connectivity index (χ3n) is 4.03. The first-order chi connectivity index (χ1) is 15.6. The van der Waals surface area contributed by atoms with Gasteiger partial charge < -0.3 is 20.5 Å². The fourth-order valence-electron chi connectivity index (χ4n) is 1.99. The predicted molar refractivity (Wildman–Crippen MR) is 117 cm³/mol. The Morgan fingerprint density at radius 2 is 1.24 bits per heavy atom. The Bertz CT molecular complexity index is 977. The number of nitrogens with zero attached hydrogens (tertiary/aromatic N) is 2. The van der Waals surface area contributed by atoms with Crippen LogP contribution in [0.5, 0.6) is 11.5 Å². The van der Waals surface area contributed by atoms with Crippen molar-refractivity contribution in [1.82, 2.24) is 5.32 Å². The number of hydrogen-bond donors (Lipinski definition) is 2. The van der Waals surface area contributed by atoms with Crippen molar-refractivity contribution < 1.29 is 28.9 Å². The molecule has 12 nitrogen and oxygen atoms in total. The van der Waals surface area contributed by atoms with Crippen molar-refractivity contribution in [2.45, 2.75) is 37.8 Å². The van der Waals surface area contributed by atoms with Crippen LogP contribution >= 0.6 is 11.6 Å². The smallest absolute Gasteiger partial charge is 0.412 e. The minimum atomic E-state index is -0.978. The summed E-state index contributed by atoms with van der Waals surface area (Å²) in [6.07, 6.45) is 3.97. The van der Waals surface area contributed by atoms with Crippen LogP contribution in [0.15, 0.2) is 48.5 Å². The second kappa shape index (κ2) is 12.3. The highest BCUT2D eigenvalue weighted by molar-refractivity contribution is 6.61. The van der Waals surface area contributed by atoms with Crippen LogP contribution in [0.1, 0.15) is 25.7 Å². The first-order valence-corrected chi connectivity index (χ1v) is 10.1. The number of hydrogen-bond acceptors (Lipinski definition) is 9. The average Bonchev–Trinajstić information content (AvgIpc) is 3.68. The van der Waals surface area contributed by atoms with Gasteiger partial charge in [-0.1, -0.05) is 0 Å². The quantitative estimate of drug-likeness (QED) is 0.358. The molecule has 0 bridgehead atoms. The maximum Gasteiger partial charge on any atom is 0.412 e. The van der Waals surface area contributed by atoms with Gasteiger partial charge in [0.15, 0.2) is 0 Å². The van der Waals surface area contributed by atoms with Gasteiger partial charge >= 0.3 is 11.5 Å². The molecule has 0 aromatic heterocycles. The molecule has 13 heteroatoms. The van der Waals surface area contributed by atoms with Gasteiger partial charge in [0.1, 0.15) is 11.5 Å². The lowest BCUT2D eigenvalue weighted by molar-refractivity contribution is -0.385. The van der Waals surface area contributed by atoms with Gasteiger partial charge in [0, 0.05) is 48.0 Å². The Kier molecular flexibility index (Phi) is 9.51. The molecule has 2 aliphatic rings.